The van der Waals surface area contributed by atoms with Crippen LogP contribution < -0.4 is 0 Å². The average Bonchev–Trinajstić information content (AvgIpc) is 2.65. The zero-order valence-corrected chi connectivity index (χ0v) is 8.36. The molecule has 0 spiro atoms. The molecule has 0 radical (unpaired) electrons. The van der Waals surface area contributed by atoms with Gasteiger partial charge >= 0.3 is 5.97 Å². The standard InChI is InChI=1S/C11H12O4/c1-8(6-12)2-3-9(7-13)10-4-5-11(14)15-10/h4-5,8,12-13H,6-7H2,1H3. The molecular weight excluding hydrogens is 196 g/mol. The smallest absolute Gasteiger partial charge is 0.336 e. The molecule has 0 bridgehead atoms. The van der Waals surface area contributed by atoms with Crippen LogP contribution in [-0.2, 0) is 9.53 Å². The second-order valence-corrected chi connectivity index (χ2v) is 3.11. The van der Waals surface area contributed by atoms with Gasteiger partial charge in [0, 0.05) is 12.0 Å². The summed E-state index contributed by atoms with van der Waals surface area (Å²) >= 11 is 0. The second kappa shape index (κ2) is 5.35. The average molecular weight is 208 g/mol. The van der Waals surface area contributed by atoms with Gasteiger partial charge in [0.25, 0.3) is 0 Å². The van der Waals surface area contributed by atoms with Gasteiger partial charge in [0.15, 0.2) is 0 Å². The zero-order chi connectivity index (χ0) is 11.3. The predicted molar refractivity (Wildman–Crippen MR) is 53.4 cm³/mol. The summed E-state index contributed by atoms with van der Waals surface area (Å²) < 4.78 is 4.78. The van der Waals surface area contributed by atoms with Gasteiger partial charge in [-0.15, -0.1) is 0 Å². The van der Waals surface area contributed by atoms with Crippen molar-refractivity contribution in [2.75, 3.05) is 13.2 Å². The lowest BCUT2D eigenvalue weighted by Crippen LogP contribution is -1.99. The minimum atomic E-state index is -0.465. The number of hydrogen-bond donors (Lipinski definition) is 2. The molecule has 1 aliphatic rings. The molecule has 4 heteroatoms. The number of rotatable bonds is 2. The molecule has 1 atom stereocenters. The van der Waals surface area contributed by atoms with Gasteiger partial charge in [-0.25, -0.2) is 4.79 Å². The quantitative estimate of drug-likeness (QED) is 0.494. The van der Waals surface area contributed by atoms with E-state index in [0.29, 0.717) is 5.57 Å². The highest BCUT2D eigenvalue weighted by molar-refractivity contribution is 5.86. The molecule has 80 valence electrons. The van der Waals surface area contributed by atoms with Crippen LogP contribution in [0.4, 0.5) is 0 Å². The molecule has 1 rings (SSSR count). The fourth-order valence-corrected chi connectivity index (χ4v) is 0.917. The van der Waals surface area contributed by atoms with Crippen LogP contribution in [0.5, 0.6) is 0 Å². The number of hydrogen-bond acceptors (Lipinski definition) is 4. The molecule has 0 aromatic carbocycles. The van der Waals surface area contributed by atoms with Crippen LogP contribution in [0.2, 0.25) is 0 Å². The van der Waals surface area contributed by atoms with Gasteiger partial charge in [-0.2, -0.15) is 0 Å². The number of carbonyl (C=O) groups is 1. The summed E-state index contributed by atoms with van der Waals surface area (Å²) in [6.45, 7) is 1.41. The summed E-state index contributed by atoms with van der Waals surface area (Å²) in [6, 6.07) is 0. The van der Waals surface area contributed by atoms with Crippen molar-refractivity contribution in [2.24, 2.45) is 5.92 Å². The second-order valence-electron chi connectivity index (χ2n) is 3.11. The SMILES string of the molecule is CC(C#CC(CO)=C1C=CC(=O)O1)CO. The first-order chi connectivity index (χ1) is 7.17. The van der Waals surface area contributed by atoms with Gasteiger partial charge in [-0.1, -0.05) is 11.8 Å². The predicted octanol–water partition coefficient (Wildman–Crippen LogP) is -0.0224. The topological polar surface area (TPSA) is 66.8 Å². The van der Waals surface area contributed by atoms with Crippen molar-refractivity contribution >= 4 is 5.97 Å². The van der Waals surface area contributed by atoms with E-state index in [1.165, 1.54) is 12.2 Å². The lowest BCUT2D eigenvalue weighted by atomic mass is 10.1. The minimum absolute atomic E-state index is 0.0450. The van der Waals surface area contributed by atoms with Gasteiger partial charge in [0.2, 0.25) is 0 Å². The highest BCUT2D eigenvalue weighted by Gasteiger charge is 2.13. The van der Waals surface area contributed by atoms with Gasteiger partial charge in [0.1, 0.15) is 5.76 Å². The third kappa shape index (κ3) is 3.24. The number of esters is 1. The Morgan fingerprint density at radius 1 is 1.53 bits per heavy atom. The molecule has 0 saturated heterocycles. The van der Waals surface area contributed by atoms with Crippen LogP contribution in [0.1, 0.15) is 6.92 Å². The molecule has 0 aromatic heterocycles. The fourth-order valence-electron chi connectivity index (χ4n) is 0.917. The Bertz CT molecular complexity index is 368. The fraction of sp³-hybridized carbons (Fsp3) is 0.364. The van der Waals surface area contributed by atoms with Crippen molar-refractivity contribution in [3.8, 4) is 11.8 Å². The number of aliphatic hydroxyl groups excluding tert-OH is 2. The molecule has 1 heterocycles. The summed E-state index contributed by atoms with van der Waals surface area (Å²) in [5.41, 5.74) is 0.345. The molecule has 0 saturated carbocycles. The van der Waals surface area contributed by atoms with Gasteiger partial charge in [-0.3, -0.25) is 0 Å². The maximum Gasteiger partial charge on any atom is 0.336 e. The van der Waals surface area contributed by atoms with E-state index in [-0.39, 0.29) is 24.9 Å². The van der Waals surface area contributed by atoms with Crippen LogP contribution in [-0.4, -0.2) is 29.4 Å². The monoisotopic (exact) mass is 208 g/mol. The maximum absolute atomic E-state index is 10.8. The Hall–Kier alpha value is -1.57. The summed E-state index contributed by atoms with van der Waals surface area (Å²) in [7, 11) is 0. The van der Waals surface area contributed by atoms with Crippen LogP contribution >= 0.6 is 0 Å². The summed E-state index contributed by atoms with van der Waals surface area (Å²) in [6.07, 6.45) is 2.73. The molecule has 1 aliphatic heterocycles. The summed E-state index contributed by atoms with van der Waals surface area (Å²) in [5.74, 6) is 5.05. The van der Waals surface area contributed by atoms with Gasteiger partial charge in [-0.05, 0) is 13.0 Å². The van der Waals surface area contributed by atoms with E-state index in [2.05, 4.69) is 11.8 Å². The van der Waals surface area contributed by atoms with E-state index in [1.54, 1.807) is 6.92 Å². The number of allylic oxidation sites excluding steroid dienone is 1. The van der Waals surface area contributed by atoms with E-state index in [9.17, 15) is 4.79 Å². The summed E-state index contributed by atoms with van der Waals surface area (Å²) in [4.78, 5) is 10.8. The first-order valence-electron chi connectivity index (χ1n) is 4.53. The third-order valence-electron chi connectivity index (χ3n) is 1.78. The minimum Gasteiger partial charge on any atom is -0.422 e. The number of aliphatic hydroxyl groups is 2. The molecule has 0 fully saturated rings. The van der Waals surface area contributed by atoms with E-state index in [4.69, 9.17) is 14.9 Å². The Kier molecular flexibility index (Phi) is 4.10. The lowest BCUT2D eigenvalue weighted by molar-refractivity contribution is -0.132. The normalized spacial score (nSPS) is 19.3. The van der Waals surface area contributed by atoms with Gasteiger partial charge in [0.05, 0.1) is 18.8 Å². The van der Waals surface area contributed by atoms with Crippen molar-refractivity contribution in [3.63, 3.8) is 0 Å². The van der Waals surface area contributed by atoms with E-state index >= 15 is 0 Å². The molecule has 0 aliphatic carbocycles. The molecule has 15 heavy (non-hydrogen) atoms. The number of ether oxygens (including phenoxy) is 1. The zero-order valence-electron chi connectivity index (χ0n) is 8.36. The van der Waals surface area contributed by atoms with Crippen molar-refractivity contribution in [2.45, 2.75) is 6.92 Å². The Morgan fingerprint density at radius 2 is 2.27 bits per heavy atom. The highest BCUT2D eigenvalue weighted by Crippen LogP contribution is 2.13. The Morgan fingerprint density at radius 3 is 2.73 bits per heavy atom. The molecule has 0 aromatic rings. The molecule has 0 amide bonds. The largest absolute Gasteiger partial charge is 0.422 e. The van der Waals surface area contributed by atoms with E-state index in [1.807, 2.05) is 0 Å². The van der Waals surface area contributed by atoms with Crippen LogP contribution in [0.25, 0.3) is 0 Å². The third-order valence-corrected chi connectivity index (χ3v) is 1.78. The summed E-state index contributed by atoms with van der Waals surface area (Å²) in [5, 5.41) is 17.8. The van der Waals surface area contributed by atoms with Crippen molar-refractivity contribution in [1.29, 1.82) is 0 Å². The number of carbonyl (C=O) groups excluding carboxylic acids is 1. The first kappa shape index (κ1) is 11.5. The van der Waals surface area contributed by atoms with Crippen LogP contribution in [0.15, 0.2) is 23.5 Å². The van der Waals surface area contributed by atoms with Crippen molar-refractivity contribution < 1.29 is 19.7 Å². The molecule has 4 nitrogen and oxygen atoms in total. The van der Waals surface area contributed by atoms with E-state index < -0.39 is 5.97 Å². The van der Waals surface area contributed by atoms with Crippen molar-refractivity contribution in [3.05, 3.63) is 23.5 Å². The van der Waals surface area contributed by atoms with Gasteiger partial charge < -0.3 is 14.9 Å². The van der Waals surface area contributed by atoms with Crippen LogP contribution in [0, 0.1) is 17.8 Å². The maximum atomic E-state index is 10.8. The molecule has 1 unspecified atom stereocenters. The molecular formula is C11H12O4. The lowest BCUT2D eigenvalue weighted by Gasteiger charge is -2.00. The first-order valence-corrected chi connectivity index (χ1v) is 4.53. The van der Waals surface area contributed by atoms with E-state index in [0.717, 1.165) is 0 Å². The van der Waals surface area contributed by atoms with Crippen molar-refractivity contribution in [1.82, 2.24) is 0 Å². The Balaban J connectivity index is 2.83. The Labute approximate surface area is 87.9 Å². The number of cyclic esters (lactones) is 1. The van der Waals surface area contributed by atoms with Crippen LogP contribution in [0.3, 0.4) is 0 Å². The highest BCUT2D eigenvalue weighted by atomic mass is 16.5. The molecule has 2 N–H and O–H groups in total.